The monoisotopic (exact) mass is 115 g/mol. The van der Waals surface area contributed by atoms with Crippen LogP contribution in [-0.4, -0.2) is 11.1 Å². The number of amides is 1. The van der Waals surface area contributed by atoms with Crippen molar-refractivity contribution < 1.29 is 10.0 Å². The molecule has 8 heavy (non-hydrogen) atoms. The molecule has 1 aliphatic rings. The van der Waals surface area contributed by atoms with Crippen LogP contribution in [0.5, 0.6) is 0 Å². The molecule has 0 radical (unpaired) electrons. The normalized spacial score (nSPS) is 34.2. The van der Waals surface area contributed by atoms with Crippen LogP contribution < -0.4 is 5.48 Å². The van der Waals surface area contributed by atoms with Gasteiger partial charge in [0.2, 0.25) is 5.91 Å². The first kappa shape index (κ1) is 5.56. The first-order valence-electron chi connectivity index (χ1n) is 2.69. The Morgan fingerprint density at radius 2 is 2.38 bits per heavy atom. The van der Waals surface area contributed by atoms with Crippen molar-refractivity contribution in [2.75, 3.05) is 0 Å². The van der Waals surface area contributed by atoms with E-state index in [2.05, 4.69) is 0 Å². The highest BCUT2D eigenvalue weighted by Gasteiger charge is 2.38. The molecule has 0 bridgehead atoms. The summed E-state index contributed by atoms with van der Waals surface area (Å²) in [6.07, 6.45) is 0.923. The minimum Gasteiger partial charge on any atom is -0.289 e. The summed E-state index contributed by atoms with van der Waals surface area (Å²) in [4.78, 5) is 10.4. The van der Waals surface area contributed by atoms with Crippen LogP contribution in [0.15, 0.2) is 0 Å². The van der Waals surface area contributed by atoms with Crippen molar-refractivity contribution in [1.29, 1.82) is 0 Å². The number of hydrogen-bond acceptors (Lipinski definition) is 2. The van der Waals surface area contributed by atoms with E-state index in [4.69, 9.17) is 5.21 Å². The summed E-state index contributed by atoms with van der Waals surface area (Å²) in [6, 6.07) is 0. The van der Waals surface area contributed by atoms with Crippen molar-refractivity contribution in [3.63, 3.8) is 0 Å². The Bertz CT molecular complexity index is 113. The fourth-order valence-corrected chi connectivity index (χ4v) is 0.770. The zero-order valence-corrected chi connectivity index (χ0v) is 4.72. The van der Waals surface area contributed by atoms with Crippen LogP contribution in [0.4, 0.5) is 0 Å². The van der Waals surface area contributed by atoms with Crippen LogP contribution >= 0.6 is 0 Å². The van der Waals surface area contributed by atoms with E-state index in [1.54, 1.807) is 5.48 Å². The van der Waals surface area contributed by atoms with Crippen LogP contribution in [0.1, 0.15) is 13.3 Å². The number of hydroxylamine groups is 1. The van der Waals surface area contributed by atoms with Gasteiger partial charge in [-0.15, -0.1) is 0 Å². The fraction of sp³-hybridized carbons (Fsp3) is 0.800. The zero-order chi connectivity index (χ0) is 6.15. The largest absolute Gasteiger partial charge is 0.289 e. The third kappa shape index (κ3) is 0.816. The highest BCUT2D eigenvalue weighted by Crippen LogP contribution is 2.37. The van der Waals surface area contributed by atoms with Crippen molar-refractivity contribution in [2.45, 2.75) is 13.3 Å². The highest BCUT2D eigenvalue weighted by atomic mass is 16.5. The molecule has 2 unspecified atom stereocenters. The van der Waals surface area contributed by atoms with Gasteiger partial charge < -0.3 is 0 Å². The summed E-state index contributed by atoms with van der Waals surface area (Å²) >= 11 is 0. The van der Waals surface area contributed by atoms with Crippen molar-refractivity contribution in [1.82, 2.24) is 5.48 Å². The Balaban J connectivity index is 2.28. The lowest BCUT2D eigenvalue weighted by molar-refractivity contribution is -0.130. The Kier molecular flexibility index (Phi) is 1.21. The molecule has 3 nitrogen and oxygen atoms in total. The Morgan fingerprint density at radius 1 is 1.88 bits per heavy atom. The molecular weight excluding hydrogens is 106 g/mol. The summed E-state index contributed by atoms with van der Waals surface area (Å²) in [5.41, 5.74) is 1.62. The second-order valence-corrected chi connectivity index (χ2v) is 2.30. The molecule has 1 amide bonds. The number of rotatable bonds is 1. The first-order chi connectivity index (χ1) is 3.75. The minimum absolute atomic E-state index is 0.0833. The molecule has 1 rings (SSSR count). The second-order valence-electron chi connectivity index (χ2n) is 2.30. The van der Waals surface area contributed by atoms with E-state index in [-0.39, 0.29) is 11.8 Å². The average Bonchev–Trinajstić information content (AvgIpc) is 2.45. The third-order valence-electron chi connectivity index (χ3n) is 1.56. The van der Waals surface area contributed by atoms with Crippen molar-refractivity contribution in [3.05, 3.63) is 0 Å². The molecule has 0 aromatic rings. The summed E-state index contributed by atoms with van der Waals surface area (Å²) in [5.74, 6) is 0.319. The number of carbonyl (C=O) groups is 1. The van der Waals surface area contributed by atoms with E-state index in [1.807, 2.05) is 6.92 Å². The molecule has 1 aliphatic carbocycles. The SMILES string of the molecule is CC1CC1C(=O)NO. The molecule has 0 saturated heterocycles. The summed E-state index contributed by atoms with van der Waals surface area (Å²) in [7, 11) is 0. The number of nitrogens with one attached hydrogen (secondary N) is 1. The van der Waals surface area contributed by atoms with Gasteiger partial charge in [0.25, 0.3) is 0 Å². The lowest BCUT2D eigenvalue weighted by atomic mass is 10.3. The van der Waals surface area contributed by atoms with Crippen molar-refractivity contribution in [2.24, 2.45) is 11.8 Å². The molecular formula is C5H9NO2. The Hall–Kier alpha value is -0.570. The molecule has 2 N–H and O–H groups in total. The van der Waals surface area contributed by atoms with E-state index in [9.17, 15) is 4.79 Å². The van der Waals surface area contributed by atoms with Gasteiger partial charge in [-0.3, -0.25) is 10.0 Å². The van der Waals surface area contributed by atoms with Gasteiger partial charge in [-0.25, -0.2) is 5.48 Å². The van der Waals surface area contributed by atoms with Crippen LogP contribution in [0.25, 0.3) is 0 Å². The van der Waals surface area contributed by atoms with Gasteiger partial charge in [-0.05, 0) is 12.3 Å². The fourth-order valence-electron chi connectivity index (χ4n) is 0.770. The van der Waals surface area contributed by atoms with E-state index in [0.717, 1.165) is 6.42 Å². The van der Waals surface area contributed by atoms with Gasteiger partial charge in [0.1, 0.15) is 0 Å². The molecule has 46 valence electrons. The standard InChI is InChI=1S/C5H9NO2/c1-3-2-4(3)5(7)6-8/h3-4,8H,2H2,1H3,(H,6,7). The van der Waals surface area contributed by atoms with E-state index >= 15 is 0 Å². The predicted octanol–water partition coefficient (Wildman–Crippen LogP) is 0.148. The van der Waals surface area contributed by atoms with E-state index in [0.29, 0.717) is 5.92 Å². The first-order valence-corrected chi connectivity index (χ1v) is 2.69. The lowest BCUT2D eigenvalue weighted by Crippen LogP contribution is -2.20. The maximum Gasteiger partial charge on any atom is 0.246 e. The van der Waals surface area contributed by atoms with Gasteiger partial charge in [0.05, 0.1) is 0 Å². The topological polar surface area (TPSA) is 49.3 Å². The van der Waals surface area contributed by atoms with Crippen LogP contribution in [-0.2, 0) is 4.79 Å². The van der Waals surface area contributed by atoms with E-state index in [1.165, 1.54) is 0 Å². The quantitative estimate of drug-likeness (QED) is 0.377. The second kappa shape index (κ2) is 1.74. The van der Waals surface area contributed by atoms with Gasteiger partial charge in [-0.2, -0.15) is 0 Å². The van der Waals surface area contributed by atoms with Crippen LogP contribution in [0, 0.1) is 11.8 Å². The van der Waals surface area contributed by atoms with Gasteiger partial charge >= 0.3 is 0 Å². The molecule has 0 heterocycles. The summed E-state index contributed by atoms with van der Waals surface area (Å²) < 4.78 is 0. The molecule has 0 aromatic heterocycles. The zero-order valence-electron chi connectivity index (χ0n) is 4.72. The maximum absolute atomic E-state index is 10.4. The smallest absolute Gasteiger partial charge is 0.246 e. The van der Waals surface area contributed by atoms with Crippen molar-refractivity contribution in [3.8, 4) is 0 Å². The summed E-state index contributed by atoms with van der Waals surface area (Å²) in [6.45, 7) is 1.99. The average molecular weight is 115 g/mol. The minimum atomic E-state index is -0.238. The highest BCUT2D eigenvalue weighted by molar-refractivity contribution is 5.80. The number of carbonyl (C=O) groups excluding carboxylic acids is 1. The molecule has 1 saturated carbocycles. The maximum atomic E-state index is 10.4. The molecule has 0 aliphatic heterocycles. The third-order valence-corrected chi connectivity index (χ3v) is 1.56. The Labute approximate surface area is 47.7 Å². The van der Waals surface area contributed by atoms with Gasteiger partial charge in [-0.1, -0.05) is 6.92 Å². The predicted molar refractivity (Wildman–Crippen MR) is 27.2 cm³/mol. The summed E-state index contributed by atoms with van der Waals surface area (Å²) in [5, 5.41) is 8.06. The van der Waals surface area contributed by atoms with Crippen LogP contribution in [0.2, 0.25) is 0 Å². The molecule has 1 fully saturated rings. The lowest BCUT2D eigenvalue weighted by Gasteiger charge is -1.90. The molecule has 0 aromatic carbocycles. The molecule has 0 spiro atoms. The number of hydrogen-bond donors (Lipinski definition) is 2. The van der Waals surface area contributed by atoms with Crippen LogP contribution in [0.3, 0.4) is 0 Å². The van der Waals surface area contributed by atoms with Gasteiger partial charge in [0.15, 0.2) is 0 Å². The van der Waals surface area contributed by atoms with E-state index < -0.39 is 0 Å². The van der Waals surface area contributed by atoms with Gasteiger partial charge in [0, 0.05) is 5.92 Å². The molecule has 3 heteroatoms. The molecule has 2 atom stereocenters. The van der Waals surface area contributed by atoms with Crippen molar-refractivity contribution >= 4 is 5.91 Å². The Morgan fingerprint density at radius 3 is 2.50 bits per heavy atom.